The Morgan fingerprint density at radius 1 is 1.29 bits per heavy atom. The second-order valence-electron chi connectivity index (χ2n) is 5.49. The first-order valence-electron chi connectivity index (χ1n) is 7.20. The molecule has 3 rings (SSSR count). The zero-order chi connectivity index (χ0) is 14.7. The number of hydrogen-bond acceptors (Lipinski definition) is 5. The minimum absolute atomic E-state index is 0.455. The van der Waals surface area contributed by atoms with Crippen LogP contribution in [0.1, 0.15) is 19.3 Å². The molecule has 1 atom stereocenters. The Labute approximate surface area is 129 Å². The lowest BCUT2D eigenvalue weighted by atomic mass is 10.1. The van der Waals surface area contributed by atoms with E-state index in [9.17, 15) is 0 Å². The van der Waals surface area contributed by atoms with Crippen molar-refractivity contribution in [2.75, 3.05) is 25.5 Å². The zero-order valence-corrected chi connectivity index (χ0v) is 12.8. The summed E-state index contributed by atoms with van der Waals surface area (Å²) in [5.41, 5.74) is 1.84. The number of halogens is 1. The van der Waals surface area contributed by atoms with Gasteiger partial charge in [0.1, 0.15) is 6.33 Å². The maximum atomic E-state index is 6.31. The van der Waals surface area contributed by atoms with Crippen molar-refractivity contribution in [1.29, 1.82) is 0 Å². The number of anilines is 1. The van der Waals surface area contributed by atoms with Crippen molar-refractivity contribution in [2.24, 2.45) is 0 Å². The van der Waals surface area contributed by atoms with Crippen molar-refractivity contribution >= 4 is 17.3 Å². The first-order chi connectivity index (χ1) is 10.2. The predicted molar refractivity (Wildman–Crippen MR) is 82.9 cm³/mol. The molecule has 2 aromatic rings. The van der Waals surface area contributed by atoms with E-state index in [1.807, 2.05) is 18.2 Å². The van der Waals surface area contributed by atoms with Crippen LogP contribution in [-0.2, 0) is 0 Å². The van der Waals surface area contributed by atoms with Crippen LogP contribution in [0.15, 0.2) is 24.5 Å². The van der Waals surface area contributed by atoms with Crippen molar-refractivity contribution in [3.8, 4) is 5.69 Å². The van der Waals surface area contributed by atoms with Crippen molar-refractivity contribution in [1.82, 2.24) is 25.1 Å². The SMILES string of the molecule is CN1CCCC(Nc2cc(-n3cnnn3)ccc2Cl)CC1. The molecule has 7 heteroatoms. The minimum atomic E-state index is 0.455. The summed E-state index contributed by atoms with van der Waals surface area (Å²) in [4.78, 5) is 2.38. The zero-order valence-electron chi connectivity index (χ0n) is 12.0. The van der Waals surface area contributed by atoms with Gasteiger partial charge in [-0.15, -0.1) is 5.10 Å². The van der Waals surface area contributed by atoms with Gasteiger partial charge in [-0.25, -0.2) is 4.68 Å². The van der Waals surface area contributed by atoms with Gasteiger partial charge in [-0.2, -0.15) is 0 Å². The van der Waals surface area contributed by atoms with Gasteiger partial charge in [-0.1, -0.05) is 11.6 Å². The molecule has 1 aliphatic rings. The average molecular weight is 307 g/mol. The lowest BCUT2D eigenvalue weighted by Crippen LogP contribution is -2.23. The Morgan fingerprint density at radius 3 is 3.00 bits per heavy atom. The monoisotopic (exact) mass is 306 g/mol. The average Bonchev–Trinajstić information content (AvgIpc) is 2.93. The highest BCUT2D eigenvalue weighted by molar-refractivity contribution is 6.33. The summed E-state index contributed by atoms with van der Waals surface area (Å²) in [6.45, 7) is 2.28. The van der Waals surface area contributed by atoms with E-state index in [1.54, 1.807) is 11.0 Å². The molecule has 1 fully saturated rings. The molecule has 112 valence electrons. The molecule has 1 aromatic carbocycles. The molecule has 0 spiro atoms. The standard InChI is InChI=1S/C14H19ClN6/c1-20-7-2-3-11(6-8-20)17-14-9-12(4-5-13(14)15)21-10-16-18-19-21/h4-5,9-11,17H,2-3,6-8H2,1H3. The summed E-state index contributed by atoms with van der Waals surface area (Å²) in [6, 6.07) is 6.23. The Kier molecular flexibility index (Phi) is 4.36. The third kappa shape index (κ3) is 3.51. The third-order valence-corrected chi connectivity index (χ3v) is 4.20. The molecule has 0 amide bonds. The Balaban J connectivity index is 1.76. The van der Waals surface area contributed by atoms with Gasteiger partial charge >= 0.3 is 0 Å². The van der Waals surface area contributed by atoms with Gasteiger partial charge in [0.05, 0.1) is 16.4 Å². The number of nitrogens with one attached hydrogen (secondary N) is 1. The van der Waals surface area contributed by atoms with Crippen LogP contribution in [0.25, 0.3) is 5.69 Å². The van der Waals surface area contributed by atoms with Crippen LogP contribution in [0, 0.1) is 0 Å². The highest BCUT2D eigenvalue weighted by Gasteiger charge is 2.16. The van der Waals surface area contributed by atoms with Crippen LogP contribution in [0.3, 0.4) is 0 Å². The van der Waals surface area contributed by atoms with Gasteiger partial charge in [-0.05, 0) is 68.0 Å². The fraction of sp³-hybridized carbons (Fsp3) is 0.500. The van der Waals surface area contributed by atoms with E-state index in [0.717, 1.165) is 42.3 Å². The van der Waals surface area contributed by atoms with Crippen LogP contribution in [0.4, 0.5) is 5.69 Å². The molecule has 0 aliphatic carbocycles. The number of nitrogens with zero attached hydrogens (tertiary/aromatic N) is 5. The predicted octanol–water partition coefficient (Wildman–Crippen LogP) is 2.21. The largest absolute Gasteiger partial charge is 0.381 e. The van der Waals surface area contributed by atoms with E-state index in [0.29, 0.717) is 6.04 Å². The first kappa shape index (κ1) is 14.3. The number of tetrazole rings is 1. The molecule has 1 N–H and O–H groups in total. The molecular formula is C14H19ClN6. The van der Waals surface area contributed by atoms with Gasteiger partial charge in [0, 0.05) is 6.04 Å². The number of likely N-dealkylation sites (tertiary alicyclic amines) is 1. The fourth-order valence-electron chi connectivity index (χ4n) is 2.65. The summed E-state index contributed by atoms with van der Waals surface area (Å²) in [6.07, 6.45) is 5.07. The lowest BCUT2D eigenvalue weighted by Gasteiger charge is -2.19. The molecule has 1 saturated heterocycles. The van der Waals surface area contributed by atoms with Crippen molar-refractivity contribution < 1.29 is 0 Å². The van der Waals surface area contributed by atoms with Crippen molar-refractivity contribution in [2.45, 2.75) is 25.3 Å². The molecule has 2 heterocycles. The van der Waals surface area contributed by atoms with Gasteiger partial charge in [-0.3, -0.25) is 0 Å². The van der Waals surface area contributed by atoms with Crippen molar-refractivity contribution in [3.63, 3.8) is 0 Å². The number of aromatic nitrogens is 4. The third-order valence-electron chi connectivity index (χ3n) is 3.87. The molecule has 0 saturated carbocycles. The van der Waals surface area contributed by atoms with Crippen LogP contribution in [0.5, 0.6) is 0 Å². The maximum Gasteiger partial charge on any atom is 0.143 e. The second-order valence-corrected chi connectivity index (χ2v) is 5.90. The quantitative estimate of drug-likeness (QED) is 0.942. The number of hydrogen-bond donors (Lipinski definition) is 1. The normalized spacial score (nSPS) is 20.2. The summed E-state index contributed by atoms with van der Waals surface area (Å²) in [7, 11) is 2.17. The number of rotatable bonds is 3. The van der Waals surface area contributed by atoms with E-state index in [1.165, 1.54) is 6.42 Å². The molecule has 1 unspecified atom stereocenters. The Hall–Kier alpha value is -1.66. The summed E-state index contributed by atoms with van der Waals surface area (Å²) in [5.74, 6) is 0. The van der Waals surface area contributed by atoms with Crippen LogP contribution < -0.4 is 5.32 Å². The van der Waals surface area contributed by atoms with Gasteiger partial charge in [0.2, 0.25) is 0 Å². The first-order valence-corrected chi connectivity index (χ1v) is 7.58. The lowest BCUT2D eigenvalue weighted by molar-refractivity contribution is 0.348. The molecule has 1 aliphatic heterocycles. The van der Waals surface area contributed by atoms with E-state index in [4.69, 9.17) is 11.6 Å². The van der Waals surface area contributed by atoms with Gasteiger partial charge in [0.15, 0.2) is 0 Å². The van der Waals surface area contributed by atoms with Crippen molar-refractivity contribution in [3.05, 3.63) is 29.5 Å². The highest BCUT2D eigenvalue weighted by Crippen LogP contribution is 2.26. The van der Waals surface area contributed by atoms with E-state index in [-0.39, 0.29) is 0 Å². The Morgan fingerprint density at radius 2 is 2.19 bits per heavy atom. The smallest absolute Gasteiger partial charge is 0.143 e. The summed E-state index contributed by atoms with van der Waals surface area (Å²) < 4.78 is 1.63. The molecule has 6 nitrogen and oxygen atoms in total. The maximum absolute atomic E-state index is 6.31. The number of benzene rings is 1. The van der Waals surface area contributed by atoms with Crippen LogP contribution >= 0.6 is 11.6 Å². The highest BCUT2D eigenvalue weighted by atomic mass is 35.5. The van der Waals surface area contributed by atoms with E-state index in [2.05, 4.69) is 32.8 Å². The molecular weight excluding hydrogens is 288 g/mol. The van der Waals surface area contributed by atoms with E-state index >= 15 is 0 Å². The fourth-order valence-corrected chi connectivity index (χ4v) is 2.82. The van der Waals surface area contributed by atoms with Gasteiger partial charge in [0.25, 0.3) is 0 Å². The van der Waals surface area contributed by atoms with Crippen LogP contribution in [-0.4, -0.2) is 51.3 Å². The Bertz CT molecular complexity index is 585. The van der Waals surface area contributed by atoms with E-state index < -0.39 is 0 Å². The summed E-state index contributed by atoms with van der Waals surface area (Å²) >= 11 is 6.31. The molecule has 0 bridgehead atoms. The topological polar surface area (TPSA) is 58.9 Å². The minimum Gasteiger partial charge on any atom is -0.381 e. The molecule has 21 heavy (non-hydrogen) atoms. The molecule has 1 aromatic heterocycles. The van der Waals surface area contributed by atoms with Crippen LogP contribution in [0.2, 0.25) is 5.02 Å². The second kappa shape index (κ2) is 6.41. The molecule has 0 radical (unpaired) electrons. The summed E-state index contributed by atoms with van der Waals surface area (Å²) in [5, 5.41) is 15.5. The van der Waals surface area contributed by atoms with Gasteiger partial charge < -0.3 is 10.2 Å².